The quantitative estimate of drug-likeness (QED) is 0.569. The van der Waals surface area contributed by atoms with E-state index in [9.17, 15) is 14.9 Å². The summed E-state index contributed by atoms with van der Waals surface area (Å²) in [6, 6.07) is 13.8. The number of amides is 1. The van der Waals surface area contributed by atoms with E-state index in [-0.39, 0.29) is 17.6 Å². The molecule has 0 N–H and O–H groups in total. The molecule has 2 rings (SSSR count). The molecule has 5 heteroatoms. The van der Waals surface area contributed by atoms with Crippen LogP contribution in [0.2, 0.25) is 0 Å². The first-order valence-corrected chi connectivity index (χ1v) is 8.40. The molecule has 2 aromatic carbocycles. The number of nitro groups is 1. The van der Waals surface area contributed by atoms with Gasteiger partial charge in [0, 0.05) is 24.7 Å². The molecule has 0 aliphatic heterocycles. The van der Waals surface area contributed by atoms with Gasteiger partial charge >= 0.3 is 0 Å². The molecule has 0 aromatic heterocycles. The number of carbonyl (C=O) groups is 1. The second-order valence-electron chi connectivity index (χ2n) is 6.74. The van der Waals surface area contributed by atoms with Crippen LogP contribution in [-0.4, -0.2) is 22.8 Å². The number of benzene rings is 2. The smallest absolute Gasteiger partial charge is 0.269 e. The van der Waals surface area contributed by atoms with Crippen molar-refractivity contribution in [2.24, 2.45) is 5.92 Å². The number of hydrogen-bond acceptors (Lipinski definition) is 3. The maximum Gasteiger partial charge on any atom is 0.269 e. The van der Waals surface area contributed by atoms with Gasteiger partial charge in [0.2, 0.25) is 0 Å². The summed E-state index contributed by atoms with van der Waals surface area (Å²) >= 11 is 0. The van der Waals surface area contributed by atoms with Crippen LogP contribution in [0, 0.1) is 16.0 Å². The van der Waals surface area contributed by atoms with Crippen molar-refractivity contribution in [3.63, 3.8) is 0 Å². The lowest BCUT2D eigenvalue weighted by molar-refractivity contribution is -0.384. The summed E-state index contributed by atoms with van der Waals surface area (Å²) in [5.74, 6) is 0.466. The number of hydrogen-bond donors (Lipinski definition) is 0. The average molecular weight is 340 g/mol. The Morgan fingerprint density at radius 2 is 1.76 bits per heavy atom. The Labute approximate surface area is 148 Å². The van der Waals surface area contributed by atoms with Gasteiger partial charge in [-0.2, -0.15) is 0 Å². The van der Waals surface area contributed by atoms with Crippen molar-refractivity contribution in [1.29, 1.82) is 0 Å². The fourth-order valence-electron chi connectivity index (χ4n) is 2.76. The molecule has 0 bridgehead atoms. The third-order valence-corrected chi connectivity index (χ3v) is 4.31. The summed E-state index contributed by atoms with van der Waals surface area (Å²) in [5.41, 5.74) is 2.60. The minimum absolute atomic E-state index is 0.0308. The van der Waals surface area contributed by atoms with Crippen LogP contribution in [0.5, 0.6) is 0 Å². The van der Waals surface area contributed by atoms with E-state index >= 15 is 0 Å². The molecule has 0 heterocycles. The molecule has 2 aromatic rings. The molecule has 0 fully saturated rings. The van der Waals surface area contributed by atoms with E-state index in [1.807, 2.05) is 31.2 Å². The average Bonchev–Trinajstić information content (AvgIpc) is 2.60. The zero-order chi connectivity index (χ0) is 18.6. The summed E-state index contributed by atoms with van der Waals surface area (Å²) in [6.45, 7) is 6.19. The van der Waals surface area contributed by atoms with Crippen LogP contribution in [0.15, 0.2) is 48.5 Å². The van der Waals surface area contributed by atoms with Gasteiger partial charge in [-0.15, -0.1) is 0 Å². The van der Waals surface area contributed by atoms with Gasteiger partial charge in [-0.3, -0.25) is 14.9 Å². The lowest BCUT2D eigenvalue weighted by atomic mass is 10.0. The Morgan fingerprint density at radius 1 is 1.12 bits per heavy atom. The number of nitro benzene ring substituents is 1. The normalized spacial score (nSPS) is 12.0. The van der Waals surface area contributed by atoms with Crippen molar-refractivity contribution in [3.05, 3.63) is 75.3 Å². The lowest BCUT2D eigenvalue weighted by Gasteiger charge is -2.25. The van der Waals surface area contributed by atoms with E-state index in [1.54, 1.807) is 24.1 Å². The predicted molar refractivity (Wildman–Crippen MR) is 98.6 cm³/mol. The highest BCUT2D eigenvalue weighted by Crippen LogP contribution is 2.24. The number of carbonyl (C=O) groups excluding carboxylic acids is 1. The molecule has 0 radical (unpaired) electrons. The molecule has 1 atom stereocenters. The van der Waals surface area contributed by atoms with Crippen molar-refractivity contribution < 1.29 is 9.72 Å². The van der Waals surface area contributed by atoms with Gasteiger partial charge < -0.3 is 4.90 Å². The minimum atomic E-state index is -0.425. The van der Waals surface area contributed by atoms with E-state index in [1.165, 1.54) is 17.7 Å². The van der Waals surface area contributed by atoms with Crippen LogP contribution < -0.4 is 0 Å². The van der Waals surface area contributed by atoms with Crippen molar-refractivity contribution in [2.45, 2.75) is 33.2 Å². The van der Waals surface area contributed by atoms with Gasteiger partial charge in [0.05, 0.1) is 11.0 Å². The number of non-ortho nitro benzene ring substituents is 1. The van der Waals surface area contributed by atoms with E-state index in [0.717, 1.165) is 12.0 Å². The third kappa shape index (κ3) is 4.66. The van der Waals surface area contributed by atoms with E-state index in [4.69, 9.17) is 0 Å². The Balaban J connectivity index is 2.15. The van der Waals surface area contributed by atoms with Crippen LogP contribution in [-0.2, 0) is 6.42 Å². The van der Waals surface area contributed by atoms with Crippen molar-refractivity contribution >= 4 is 11.6 Å². The van der Waals surface area contributed by atoms with Crippen molar-refractivity contribution in [1.82, 2.24) is 4.90 Å². The largest absolute Gasteiger partial charge is 0.335 e. The molecule has 0 aliphatic rings. The van der Waals surface area contributed by atoms with Crippen molar-refractivity contribution in [2.75, 3.05) is 7.05 Å². The summed E-state index contributed by atoms with van der Waals surface area (Å²) < 4.78 is 0. The topological polar surface area (TPSA) is 63.5 Å². The molecule has 0 spiro atoms. The second kappa shape index (κ2) is 7.92. The number of rotatable bonds is 6. The summed E-state index contributed by atoms with van der Waals surface area (Å²) in [4.78, 5) is 24.8. The Hall–Kier alpha value is -2.69. The predicted octanol–water partition coefficient (Wildman–Crippen LogP) is 4.63. The van der Waals surface area contributed by atoms with Gasteiger partial charge in [-0.25, -0.2) is 0 Å². The maximum atomic E-state index is 12.7. The molecule has 1 amide bonds. The Bertz CT molecular complexity index is 754. The van der Waals surface area contributed by atoms with Crippen LogP contribution in [0.4, 0.5) is 5.69 Å². The summed E-state index contributed by atoms with van der Waals surface area (Å²) in [7, 11) is 1.72. The minimum Gasteiger partial charge on any atom is -0.335 e. The molecular weight excluding hydrogens is 316 g/mol. The molecule has 0 aliphatic carbocycles. The van der Waals surface area contributed by atoms with E-state index in [0.29, 0.717) is 11.5 Å². The lowest BCUT2D eigenvalue weighted by Crippen LogP contribution is -2.29. The molecule has 0 saturated carbocycles. The van der Waals surface area contributed by atoms with Crippen LogP contribution in [0.25, 0.3) is 0 Å². The highest BCUT2D eigenvalue weighted by molar-refractivity contribution is 5.94. The van der Waals surface area contributed by atoms with Crippen LogP contribution in [0.3, 0.4) is 0 Å². The summed E-state index contributed by atoms with van der Waals surface area (Å²) in [5, 5.41) is 10.9. The Morgan fingerprint density at radius 3 is 2.32 bits per heavy atom. The molecule has 0 unspecified atom stereocenters. The van der Waals surface area contributed by atoms with E-state index < -0.39 is 4.92 Å². The monoisotopic (exact) mass is 340 g/mol. The van der Waals surface area contributed by atoms with Crippen LogP contribution >= 0.6 is 0 Å². The second-order valence-corrected chi connectivity index (χ2v) is 6.74. The fourth-order valence-corrected chi connectivity index (χ4v) is 2.76. The molecule has 25 heavy (non-hydrogen) atoms. The standard InChI is InChI=1S/C20H24N2O3/c1-14(2)12-16-8-10-17(11-9-16)20(23)21(4)15(3)18-6-5-7-19(13-18)22(24)25/h5-11,13-15H,12H2,1-4H3/t15-/m0/s1. The van der Waals surface area contributed by atoms with Gasteiger partial charge in [0.25, 0.3) is 11.6 Å². The first kappa shape index (κ1) is 18.6. The Kier molecular flexibility index (Phi) is 5.91. The highest BCUT2D eigenvalue weighted by atomic mass is 16.6. The highest BCUT2D eigenvalue weighted by Gasteiger charge is 2.20. The van der Waals surface area contributed by atoms with Crippen LogP contribution in [0.1, 0.15) is 48.3 Å². The van der Waals surface area contributed by atoms with Gasteiger partial charge in [0.1, 0.15) is 0 Å². The zero-order valence-corrected chi connectivity index (χ0v) is 15.1. The first-order valence-electron chi connectivity index (χ1n) is 8.40. The fraction of sp³-hybridized carbons (Fsp3) is 0.350. The molecule has 5 nitrogen and oxygen atoms in total. The maximum absolute atomic E-state index is 12.7. The van der Waals surface area contributed by atoms with Gasteiger partial charge in [-0.1, -0.05) is 38.1 Å². The van der Waals surface area contributed by atoms with Gasteiger partial charge in [0.15, 0.2) is 0 Å². The van der Waals surface area contributed by atoms with Crippen molar-refractivity contribution in [3.8, 4) is 0 Å². The first-order chi connectivity index (χ1) is 11.8. The number of nitrogens with zero attached hydrogens (tertiary/aromatic N) is 2. The molecular formula is C20H24N2O3. The molecule has 132 valence electrons. The van der Waals surface area contributed by atoms with Gasteiger partial charge in [-0.05, 0) is 42.5 Å². The summed E-state index contributed by atoms with van der Waals surface area (Å²) in [6.07, 6.45) is 0.981. The zero-order valence-electron chi connectivity index (χ0n) is 15.1. The molecule has 0 saturated heterocycles. The SMILES string of the molecule is CC(C)Cc1ccc(C(=O)N(C)[C@@H](C)c2cccc([N+](=O)[O-])c2)cc1. The van der Waals surface area contributed by atoms with E-state index in [2.05, 4.69) is 13.8 Å². The third-order valence-electron chi connectivity index (χ3n) is 4.31.